The Morgan fingerprint density at radius 1 is 1.02 bits per heavy atom. The molecule has 3 saturated carbocycles. The number of nitriles is 1. The van der Waals surface area contributed by atoms with E-state index in [-0.39, 0.29) is 64.9 Å². The summed E-state index contributed by atoms with van der Waals surface area (Å²) in [6.07, 6.45) is 3.14. The molecule has 15 heteroatoms. The Labute approximate surface area is 367 Å². The van der Waals surface area contributed by atoms with E-state index in [1.165, 1.54) is 7.11 Å². The molecule has 5 fully saturated rings. The molecule has 4 bridgehead atoms. The number of allylic oxidation sites excluding steroid dienone is 5. The number of ether oxygens (including phenoxy) is 7. The van der Waals surface area contributed by atoms with Crippen molar-refractivity contribution in [2.75, 3.05) is 13.7 Å². The van der Waals surface area contributed by atoms with Crippen molar-refractivity contribution in [3.05, 3.63) is 74.7 Å². The fraction of sp³-hybridized carbons (Fsp3) is 0.562. The first kappa shape index (κ1) is 44.6. The number of fused-ring (bicyclic) bond motifs is 3. The molecule has 15 nitrogen and oxygen atoms in total. The monoisotopic (exact) mass is 870 g/mol. The van der Waals surface area contributed by atoms with E-state index in [2.05, 4.69) is 12.1 Å². The van der Waals surface area contributed by atoms with Crippen molar-refractivity contribution in [3.8, 4) is 23.3 Å². The van der Waals surface area contributed by atoms with Gasteiger partial charge in [-0.15, -0.1) is 0 Å². The van der Waals surface area contributed by atoms with Crippen LogP contribution in [0.25, 0.3) is 11.8 Å². The number of methoxy groups -OCH3 is 1. The fourth-order valence-corrected chi connectivity index (χ4v) is 10.9. The molecule has 1 aromatic rings. The highest BCUT2D eigenvalue weighted by atomic mass is 16.7. The first-order valence-electron chi connectivity index (χ1n) is 21.6. The van der Waals surface area contributed by atoms with E-state index in [9.17, 15) is 30.5 Å². The van der Waals surface area contributed by atoms with Gasteiger partial charge in [0.1, 0.15) is 64.7 Å². The molecule has 1 spiro atoms. The average molecular weight is 871 g/mol. The van der Waals surface area contributed by atoms with Gasteiger partial charge in [-0.05, 0) is 93.2 Å². The van der Waals surface area contributed by atoms with Gasteiger partial charge in [0.25, 0.3) is 0 Å². The maximum atomic E-state index is 15.4. The number of hydrogen-bond acceptors (Lipinski definition) is 15. The first-order valence-corrected chi connectivity index (χ1v) is 21.6. The molecule has 0 aromatic heterocycles. The minimum atomic E-state index is -1.80. The van der Waals surface area contributed by atoms with Gasteiger partial charge in [0.15, 0.2) is 17.0 Å². The molecule has 5 aliphatic heterocycles. The first-order chi connectivity index (χ1) is 29.7. The minimum Gasteiger partial charge on any atom is -0.482 e. The second kappa shape index (κ2) is 15.6. The lowest BCUT2D eigenvalue weighted by molar-refractivity contribution is -0.277. The highest BCUT2D eigenvalue weighted by Gasteiger charge is 2.84. The zero-order chi connectivity index (χ0) is 45.7. The summed E-state index contributed by atoms with van der Waals surface area (Å²) in [6.45, 7) is 14.7. The van der Waals surface area contributed by atoms with E-state index in [1.807, 2.05) is 66.7 Å². The summed E-state index contributed by atoms with van der Waals surface area (Å²) >= 11 is 0. The van der Waals surface area contributed by atoms with Crippen molar-refractivity contribution in [2.24, 2.45) is 23.5 Å². The van der Waals surface area contributed by atoms with Crippen LogP contribution in [0.3, 0.4) is 0 Å². The third-order valence-electron chi connectivity index (χ3n) is 14.0. The highest BCUT2D eigenvalue weighted by Crippen LogP contribution is 2.74. The normalized spacial score (nSPS) is 35.3. The van der Waals surface area contributed by atoms with E-state index in [4.69, 9.17) is 38.9 Å². The summed E-state index contributed by atoms with van der Waals surface area (Å²) in [6, 6.07) is 2.23. The van der Waals surface area contributed by atoms with E-state index < -0.39 is 83.4 Å². The van der Waals surface area contributed by atoms with Gasteiger partial charge < -0.3 is 59.3 Å². The van der Waals surface area contributed by atoms with Gasteiger partial charge in [0, 0.05) is 40.9 Å². The molecule has 8 aliphatic rings. The Morgan fingerprint density at radius 2 is 1.73 bits per heavy atom. The topological polar surface area (TPSA) is 229 Å². The number of benzene rings is 1. The Kier molecular flexibility index (Phi) is 11.1. The van der Waals surface area contributed by atoms with Gasteiger partial charge in [-0.2, -0.15) is 5.26 Å². The van der Waals surface area contributed by atoms with Gasteiger partial charge in [0.05, 0.1) is 30.5 Å². The standard InChI is InChI=1S/C48H58N2O13/c1-22(2)11-10-16-46(8)17-15-26-37(61-46)25(13-12-23(3)4)39-32(38(26)60-44-36(54)35(53)34(52)29(21-51)58-44)40-33-31(28(20-49)42(50)59-40)27-19-30-45(6,7)63-47(41(27)55,48(30,33)62-39)18-14-24(5)43(56)57-9/h11-12,14-15,17,27,29-31,34-36,44,51-54H,10,13,16,18-19,21,50H2,1-9H3/b24-14-/t27?,29-,30?,31?,34-,35+,36-,44+,46?,47?,48?/m1/s1. The van der Waals surface area contributed by atoms with Gasteiger partial charge in [0.2, 0.25) is 12.2 Å². The molecule has 11 atom stereocenters. The third kappa shape index (κ3) is 6.58. The number of hydrogen-bond donors (Lipinski definition) is 5. The minimum absolute atomic E-state index is 0.0352. The zero-order valence-electron chi connectivity index (χ0n) is 37.2. The van der Waals surface area contributed by atoms with E-state index in [1.54, 1.807) is 13.0 Å². The van der Waals surface area contributed by atoms with Crippen LogP contribution in [0.1, 0.15) is 97.8 Å². The van der Waals surface area contributed by atoms with Gasteiger partial charge >= 0.3 is 5.97 Å². The lowest BCUT2D eigenvalue weighted by Crippen LogP contribution is -2.75. The number of ketones is 1. The number of carbonyl (C=O) groups excluding carboxylic acids is 2. The van der Waals surface area contributed by atoms with Crippen molar-refractivity contribution in [1.29, 1.82) is 5.26 Å². The lowest BCUT2D eigenvalue weighted by atomic mass is 9.45. The Morgan fingerprint density at radius 3 is 2.38 bits per heavy atom. The Hall–Kier alpha value is -4.95. The van der Waals surface area contributed by atoms with Crippen LogP contribution >= 0.6 is 0 Å². The number of esters is 1. The van der Waals surface area contributed by atoms with Crippen molar-refractivity contribution in [3.63, 3.8) is 0 Å². The number of Topliss-reactive ketones (excluding diaryl/α,β-unsaturated/α-hetero) is 1. The Balaban J connectivity index is 1.46. The summed E-state index contributed by atoms with van der Waals surface area (Å²) in [5.74, 6) is -2.52. The van der Waals surface area contributed by atoms with Crippen LogP contribution in [-0.2, 0) is 35.0 Å². The van der Waals surface area contributed by atoms with E-state index in [0.29, 0.717) is 35.3 Å². The molecule has 0 amide bonds. The Bertz CT molecular complexity index is 2370. The number of carbonyl (C=O) groups is 2. The fourth-order valence-electron chi connectivity index (χ4n) is 10.9. The number of nitrogens with zero attached hydrogens (tertiary/aromatic N) is 1. The molecule has 2 saturated heterocycles. The van der Waals surface area contributed by atoms with Crippen molar-refractivity contribution < 1.29 is 63.2 Å². The quantitative estimate of drug-likeness (QED) is 0.115. The van der Waals surface area contributed by atoms with Gasteiger partial charge in [-0.3, -0.25) is 4.79 Å². The van der Waals surface area contributed by atoms with Crippen molar-refractivity contribution in [2.45, 2.75) is 141 Å². The highest BCUT2D eigenvalue weighted by molar-refractivity contribution is 6.01. The summed E-state index contributed by atoms with van der Waals surface area (Å²) in [7, 11) is 1.28. The SMILES string of the molecule is COC(=O)/C(C)=C\CC12OC(C)(C)C3CC(C1=O)C1C(C#N)=C(N)OC4=C1C32Oc1c(CC=C(C)C)c2c(c(O[C@@H]3O[C@H](CO)[C@@H](O)[C@H](O)[C@H]3O)c14)C=CC(C)(CCC=C(C)C)O2. The second-order valence-corrected chi connectivity index (χ2v) is 19.0. The van der Waals surface area contributed by atoms with Crippen molar-refractivity contribution >= 4 is 23.6 Å². The van der Waals surface area contributed by atoms with Gasteiger partial charge in [-0.1, -0.05) is 29.4 Å². The van der Waals surface area contributed by atoms with Crippen LogP contribution in [0.4, 0.5) is 0 Å². The van der Waals surface area contributed by atoms with Crippen molar-refractivity contribution in [1.82, 2.24) is 0 Å². The summed E-state index contributed by atoms with van der Waals surface area (Å²) < 4.78 is 46.2. The molecule has 1 aromatic carbocycles. The molecule has 9 rings (SSSR count). The predicted molar refractivity (Wildman–Crippen MR) is 227 cm³/mol. The molecule has 0 radical (unpaired) electrons. The second-order valence-electron chi connectivity index (χ2n) is 19.0. The lowest BCUT2D eigenvalue weighted by Gasteiger charge is -2.61. The number of aliphatic hydroxyl groups is 4. The molecule has 338 valence electrons. The number of nitrogens with two attached hydrogens (primary N) is 1. The average Bonchev–Trinajstić information content (AvgIpc) is 3.37. The van der Waals surface area contributed by atoms with Crippen LogP contribution in [0, 0.1) is 29.1 Å². The van der Waals surface area contributed by atoms with E-state index >= 15 is 4.79 Å². The van der Waals surface area contributed by atoms with E-state index in [0.717, 1.165) is 11.1 Å². The molecular weight excluding hydrogens is 813 g/mol. The molecule has 3 aliphatic carbocycles. The predicted octanol–water partition coefficient (Wildman–Crippen LogP) is 4.74. The van der Waals surface area contributed by atoms with Crippen LogP contribution in [0.15, 0.2) is 58.1 Å². The third-order valence-corrected chi connectivity index (χ3v) is 14.0. The summed E-state index contributed by atoms with van der Waals surface area (Å²) in [5.41, 5.74) is 5.60. The maximum Gasteiger partial charge on any atom is 0.333 e. The van der Waals surface area contributed by atoms with Gasteiger partial charge in [-0.25, -0.2) is 4.79 Å². The maximum absolute atomic E-state index is 15.4. The zero-order valence-corrected chi connectivity index (χ0v) is 37.2. The largest absolute Gasteiger partial charge is 0.482 e. The molecule has 5 heterocycles. The molecule has 6 unspecified atom stereocenters. The molecule has 63 heavy (non-hydrogen) atoms. The van der Waals surface area contributed by atoms with Crippen LogP contribution in [0.2, 0.25) is 0 Å². The molecule has 6 N–H and O–H groups in total. The molecular formula is C48H58N2O13. The van der Waals surface area contributed by atoms with Crippen LogP contribution < -0.4 is 19.9 Å². The number of aliphatic hydroxyl groups excluding tert-OH is 4. The van der Waals surface area contributed by atoms with Crippen LogP contribution in [-0.4, -0.2) is 99.0 Å². The number of rotatable bonds is 11. The summed E-state index contributed by atoms with van der Waals surface area (Å²) in [4.78, 5) is 28.2. The summed E-state index contributed by atoms with van der Waals surface area (Å²) in [5, 5.41) is 53.9. The smallest absolute Gasteiger partial charge is 0.333 e. The van der Waals surface area contributed by atoms with Crippen LogP contribution in [0.5, 0.6) is 17.2 Å².